The maximum absolute atomic E-state index is 13.3. The van der Waals surface area contributed by atoms with Gasteiger partial charge in [0.15, 0.2) is 0 Å². The van der Waals surface area contributed by atoms with Gasteiger partial charge in [0.05, 0.1) is 15.5 Å². The van der Waals surface area contributed by atoms with E-state index in [1.807, 2.05) is 5.38 Å². The molecule has 6 nitrogen and oxygen atoms in total. The Morgan fingerprint density at radius 2 is 1.91 bits per heavy atom. The monoisotopic (exact) mass is 483 g/mol. The molecule has 3 aromatic carbocycles. The molecule has 4 rings (SSSR count). The van der Waals surface area contributed by atoms with Crippen LogP contribution < -0.4 is 4.74 Å². The van der Waals surface area contributed by atoms with Crippen molar-refractivity contribution in [3.8, 4) is 27.3 Å². The highest BCUT2D eigenvalue weighted by molar-refractivity contribution is 7.14. The van der Waals surface area contributed by atoms with Gasteiger partial charge < -0.3 is 9.84 Å². The highest BCUT2D eigenvalue weighted by Gasteiger charge is 2.19. The zero-order valence-corrected chi connectivity index (χ0v) is 18.4. The number of hydrogen-bond donors (Lipinski definition) is 1. The lowest BCUT2D eigenvalue weighted by Crippen LogP contribution is -1.99. The molecule has 0 unspecified atom stereocenters. The van der Waals surface area contributed by atoms with Crippen LogP contribution in [0.5, 0.6) is 5.75 Å². The molecule has 4 aromatic rings. The number of aromatic carboxylic acids is 1. The third-order valence-electron chi connectivity index (χ3n) is 4.90. The molecule has 1 aromatic heterocycles. The normalized spacial score (nSPS) is 10.7. The Morgan fingerprint density at radius 1 is 1.09 bits per heavy atom. The van der Waals surface area contributed by atoms with Crippen molar-refractivity contribution >= 4 is 34.6 Å². The van der Waals surface area contributed by atoms with E-state index in [-0.39, 0.29) is 22.9 Å². The first-order chi connectivity index (χ1) is 15.8. The number of non-ortho nitro benzene ring substituents is 1. The summed E-state index contributed by atoms with van der Waals surface area (Å²) in [5, 5.41) is 22.8. The number of carbonyl (C=O) groups is 1. The molecule has 0 aliphatic carbocycles. The predicted octanol–water partition coefficient (Wildman–Crippen LogP) is 7.06. The molecule has 0 saturated heterocycles. The fourth-order valence-electron chi connectivity index (χ4n) is 3.30. The van der Waals surface area contributed by atoms with Crippen LogP contribution in [0.25, 0.3) is 21.6 Å². The van der Waals surface area contributed by atoms with E-state index in [2.05, 4.69) is 0 Å². The molecule has 166 valence electrons. The average Bonchev–Trinajstić information content (AvgIpc) is 3.28. The fourth-order valence-corrected chi connectivity index (χ4v) is 4.43. The molecule has 33 heavy (non-hydrogen) atoms. The Balaban J connectivity index is 1.77. The van der Waals surface area contributed by atoms with Gasteiger partial charge in [-0.3, -0.25) is 10.1 Å². The molecule has 0 fully saturated rings. The van der Waals surface area contributed by atoms with Crippen LogP contribution in [0, 0.1) is 15.9 Å². The topological polar surface area (TPSA) is 89.7 Å². The van der Waals surface area contributed by atoms with E-state index in [4.69, 9.17) is 16.3 Å². The van der Waals surface area contributed by atoms with E-state index in [0.29, 0.717) is 28.0 Å². The Labute approximate surface area is 196 Å². The molecule has 0 aliphatic heterocycles. The van der Waals surface area contributed by atoms with E-state index in [1.165, 1.54) is 53.8 Å². The lowest BCUT2D eigenvalue weighted by molar-refractivity contribution is -0.384. The molecule has 0 radical (unpaired) electrons. The minimum absolute atomic E-state index is 0.0257. The summed E-state index contributed by atoms with van der Waals surface area (Å²) < 4.78 is 19.3. The van der Waals surface area contributed by atoms with Crippen LogP contribution in [-0.4, -0.2) is 16.0 Å². The van der Waals surface area contributed by atoms with Gasteiger partial charge in [-0.1, -0.05) is 29.8 Å². The van der Waals surface area contributed by atoms with Gasteiger partial charge in [-0.05, 0) is 47.3 Å². The third kappa shape index (κ3) is 4.87. The van der Waals surface area contributed by atoms with Crippen LogP contribution >= 0.6 is 22.9 Å². The number of thiophene rings is 1. The summed E-state index contributed by atoms with van der Waals surface area (Å²) in [6.07, 6.45) is 0. The minimum atomic E-state index is -1.05. The van der Waals surface area contributed by atoms with E-state index in [0.717, 1.165) is 4.88 Å². The van der Waals surface area contributed by atoms with E-state index >= 15 is 0 Å². The van der Waals surface area contributed by atoms with Crippen LogP contribution in [0.3, 0.4) is 0 Å². The number of nitro groups is 1. The van der Waals surface area contributed by atoms with Gasteiger partial charge in [0.1, 0.15) is 18.2 Å². The second-order valence-electron chi connectivity index (χ2n) is 7.01. The molecule has 0 spiro atoms. The van der Waals surface area contributed by atoms with Gasteiger partial charge in [-0.15, -0.1) is 11.3 Å². The number of carboxylic acids is 1. The number of nitro benzene ring substituents is 1. The highest BCUT2D eigenvalue weighted by atomic mass is 35.5. The highest BCUT2D eigenvalue weighted by Crippen LogP contribution is 2.42. The van der Waals surface area contributed by atoms with Gasteiger partial charge in [0.2, 0.25) is 0 Å². The number of nitrogens with zero attached hydrogens (tertiary/aromatic N) is 1. The number of hydrogen-bond acceptors (Lipinski definition) is 5. The number of carboxylic acid groups (broad SMARTS) is 1. The van der Waals surface area contributed by atoms with Crippen molar-refractivity contribution in [3.05, 3.63) is 104 Å². The second-order valence-corrected chi connectivity index (χ2v) is 8.33. The molecule has 9 heteroatoms. The molecule has 0 saturated carbocycles. The Morgan fingerprint density at radius 3 is 2.64 bits per heavy atom. The summed E-state index contributed by atoms with van der Waals surface area (Å²) in [5.41, 5.74) is 2.37. The number of rotatable bonds is 7. The molecule has 1 heterocycles. The van der Waals surface area contributed by atoms with Crippen molar-refractivity contribution in [2.45, 2.75) is 6.61 Å². The molecule has 0 aliphatic rings. The van der Waals surface area contributed by atoms with Crippen LogP contribution in [0.2, 0.25) is 5.02 Å². The number of ether oxygens (including phenoxy) is 1. The minimum Gasteiger partial charge on any atom is -0.488 e. The lowest BCUT2D eigenvalue weighted by atomic mass is 10.00. The van der Waals surface area contributed by atoms with Crippen LogP contribution in [0.4, 0.5) is 10.1 Å². The van der Waals surface area contributed by atoms with E-state index in [9.17, 15) is 24.4 Å². The Kier molecular flexibility index (Phi) is 6.39. The van der Waals surface area contributed by atoms with Crippen molar-refractivity contribution in [3.63, 3.8) is 0 Å². The smallest absolute Gasteiger partial charge is 0.335 e. The summed E-state index contributed by atoms with van der Waals surface area (Å²) in [6, 6.07) is 16.5. The summed E-state index contributed by atoms with van der Waals surface area (Å²) in [5.74, 6) is -1.15. The maximum Gasteiger partial charge on any atom is 0.335 e. The predicted molar refractivity (Wildman–Crippen MR) is 125 cm³/mol. The van der Waals surface area contributed by atoms with Crippen LogP contribution in [0.15, 0.2) is 72.1 Å². The Hall–Kier alpha value is -3.75. The standard InChI is InChI=1S/C24H15ClFNO5S/c25-21-11-17(26)5-4-16(21)13-32-22-7-6-18(27(30)31)12-20(22)19-8-9-33-23(19)14-2-1-3-15(10-14)24(28)29/h1-12H,13H2,(H,28,29). The SMILES string of the molecule is O=C(O)c1cccc(-c2sccc2-c2cc([N+](=O)[O-])ccc2OCc2ccc(F)cc2Cl)c1. The largest absolute Gasteiger partial charge is 0.488 e. The summed E-state index contributed by atoms with van der Waals surface area (Å²) in [4.78, 5) is 23.0. The summed E-state index contributed by atoms with van der Waals surface area (Å²) in [6.45, 7) is 0.0257. The zero-order valence-electron chi connectivity index (χ0n) is 16.8. The van der Waals surface area contributed by atoms with Crippen LogP contribution in [-0.2, 0) is 6.61 Å². The first-order valence-electron chi connectivity index (χ1n) is 9.60. The molecule has 0 atom stereocenters. The second kappa shape index (κ2) is 9.40. The molecule has 0 bridgehead atoms. The number of halogens is 2. The van der Waals surface area contributed by atoms with Crippen LogP contribution in [0.1, 0.15) is 15.9 Å². The molecular weight excluding hydrogens is 469 g/mol. The third-order valence-corrected chi connectivity index (χ3v) is 6.21. The molecule has 0 amide bonds. The number of benzene rings is 3. The van der Waals surface area contributed by atoms with E-state index < -0.39 is 16.7 Å². The zero-order chi connectivity index (χ0) is 23.5. The maximum atomic E-state index is 13.3. The molecular formula is C24H15ClFNO5S. The van der Waals surface area contributed by atoms with Crippen molar-refractivity contribution in [1.29, 1.82) is 0 Å². The first kappa shape index (κ1) is 22.4. The van der Waals surface area contributed by atoms with Crippen molar-refractivity contribution < 1.29 is 24.0 Å². The van der Waals surface area contributed by atoms with Gasteiger partial charge >= 0.3 is 5.97 Å². The van der Waals surface area contributed by atoms with Gasteiger partial charge in [0, 0.05) is 33.7 Å². The Bertz CT molecular complexity index is 1370. The summed E-state index contributed by atoms with van der Waals surface area (Å²) >= 11 is 7.47. The summed E-state index contributed by atoms with van der Waals surface area (Å²) in [7, 11) is 0. The van der Waals surface area contributed by atoms with Crippen molar-refractivity contribution in [1.82, 2.24) is 0 Å². The first-order valence-corrected chi connectivity index (χ1v) is 10.9. The average molecular weight is 484 g/mol. The quantitative estimate of drug-likeness (QED) is 0.224. The lowest BCUT2D eigenvalue weighted by Gasteiger charge is -2.13. The van der Waals surface area contributed by atoms with Crippen molar-refractivity contribution in [2.24, 2.45) is 0 Å². The van der Waals surface area contributed by atoms with Crippen molar-refractivity contribution in [2.75, 3.05) is 0 Å². The fraction of sp³-hybridized carbons (Fsp3) is 0.0417. The van der Waals surface area contributed by atoms with Gasteiger partial charge in [-0.25, -0.2) is 9.18 Å². The molecule has 1 N–H and O–H groups in total. The van der Waals surface area contributed by atoms with Gasteiger partial charge in [-0.2, -0.15) is 0 Å². The van der Waals surface area contributed by atoms with E-state index in [1.54, 1.807) is 24.3 Å². The van der Waals surface area contributed by atoms with Gasteiger partial charge in [0.25, 0.3) is 5.69 Å².